The van der Waals surface area contributed by atoms with Crippen molar-refractivity contribution in [1.29, 1.82) is 0 Å². The zero-order valence-corrected chi connectivity index (χ0v) is 16.2. The van der Waals surface area contributed by atoms with Gasteiger partial charge in [0.25, 0.3) is 0 Å². The van der Waals surface area contributed by atoms with Gasteiger partial charge < -0.3 is 24.6 Å². The summed E-state index contributed by atoms with van der Waals surface area (Å²) in [5, 5.41) is 10.7. The van der Waals surface area contributed by atoms with E-state index in [2.05, 4.69) is 34.6 Å². The van der Waals surface area contributed by atoms with Crippen molar-refractivity contribution in [3.05, 3.63) is 35.7 Å². The van der Waals surface area contributed by atoms with E-state index < -0.39 is 0 Å². The van der Waals surface area contributed by atoms with Crippen LogP contribution in [0, 0.1) is 0 Å². The average Bonchev–Trinajstić information content (AvgIpc) is 3.03. The molecule has 0 spiro atoms. The third-order valence-electron chi connectivity index (χ3n) is 4.64. The second-order valence-electron chi connectivity index (χ2n) is 6.49. The lowest BCUT2D eigenvalue weighted by molar-refractivity contribution is 0.297. The van der Waals surface area contributed by atoms with E-state index >= 15 is 0 Å². The molecule has 7 nitrogen and oxygen atoms in total. The standard InChI is InChI=1S/C20H28N4O3/c1-4-14(5-2)17-12-16(27-24-17)13-22-20(21-3)23-15-7-8-18-19(11-15)26-10-6-9-25-18/h7-8,11-12,14H,4-6,9-10,13H2,1-3H3,(H2,21,22,23). The molecule has 0 saturated carbocycles. The molecule has 1 aromatic carbocycles. The minimum absolute atomic E-state index is 0.446. The van der Waals surface area contributed by atoms with Crippen molar-refractivity contribution < 1.29 is 14.0 Å². The number of ether oxygens (including phenoxy) is 2. The quantitative estimate of drug-likeness (QED) is 0.591. The predicted octanol–water partition coefficient (Wildman–Crippen LogP) is 3.93. The first-order chi connectivity index (χ1) is 13.2. The van der Waals surface area contributed by atoms with Gasteiger partial charge in [-0.3, -0.25) is 4.99 Å². The maximum absolute atomic E-state index is 5.73. The van der Waals surface area contributed by atoms with Crippen LogP contribution in [0.25, 0.3) is 0 Å². The number of benzene rings is 1. The Labute approximate surface area is 160 Å². The second-order valence-corrected chi connectivity index (χ2v) is 6.49. The fourth-order valence-corrected chi connectivity index (χ4v) is 3.04. The molecule has 0 radical (unpaired) electrons. The topological polar surface area (TPSA) is 80.9 Å². The highest BCUT2D eigenvalue weighted by Gasteiger charge is 2.14. The molecule has 3 rings (SSSR count). The molecule has 1 aliphatic rings. The SMILES string of the molecule is CCC(CC)c1cc(CNC(=NC)Nc2ccc3c(c2)OCCCO3)on1. The molecule has 0 amide bonds. The summed E-state index contributed by atoms with van der Waals surface area (Å²) in [5.41, 5.74) is 1.89. The molecule has 1 aliphatic heterocycles. The maximum atomic E-state index is 5.73. The van der Waals surface area contributed by atoms with Gasteiger partial charge in [0, 0.05) is 37.2 Å². The first-order valence-corrected chi connectivity index (χ1v) is 9.56. The minimum atomic E-state index is 0.446. The number of anilines is 1. The molecule has 0 unspecified atom stereocenters. The minimum Gasteiger partial charge on any atom is -0.490 e. The van der Waals surface area contributed by atoms with Crippen LogP contribution in [0.5, 0.6) is 11.5 Å². The molecule has 146 valence electrons. The van der Waals surface area contributed by atoms with E-state index in [1.54, 1.807) is 7.05 Å². The molecule has 0 aliphatic carbocycles. The van der Waals surface area contributed by atoms with Crippen molar-refractivity contribution >= 4 is 11.6 Å². The third kappa shape index (κ3) is 4.93. The predicted molar refractivity (Wildman–Crippen MR) is 106 cm³/mol. The molecule has 2 N–H and O–H groups in total. The summed E-state index contributed by atoms with van der Waals surface area (Å²) in [7, 11) is 1.73. The van der Waals surface area contributed by atoms with Crippen LogP contribution in [-0.2, 0) is 6.54 Å². The summed E-state index contributed by atoms with van der Waals surface area (Å²) in [6.45, 7) is 6.19. The van der Waals surface area contributed by atoms with Crippen LogP contribution in [0.4, 0.5) is 5.69 Å². The van der Waals surface area contributed by atoms with Gasteiger partial charge in [0.2, 0.25) is 0 Å². The smallest absolute Gasteiger partial charge is 0.195 e. The molecule has 7 heteroatoms. The van der Waals surface area contributed by atoms with E-state index in [1.165, 1.54) is 0 Å². The summed E-state index contributed by atoms with van der Waals surface area (Å²) in [5.74, 6) is 3.40. The monoisotopic (exact) mass is 372 g/mol. The fourth-order valence-electron chi connectivity index (χ4n) is 3.04. The zero-order chi connectivity index (χ0) is 19.1. The summed E-state index contributed by atoms with van der Waals surface area (Å²) in [6.07, 6.45) is 3.00. The Hall–Kier alpha value is -2.70. The van der Waals surface area contributed by atoms with Gasteiger partial charge in [0.15, 0.2) is 23.2 Å². The Kier molecular flexibility index (Phi) is 6.57. The summed E-state index contributed by atoms with van der Waals surface area (Å²) < 4.78 is 16.8. The van der Waals surface area contributed by atoms with E-state index in [0.717, 1.165) is 47.9 Å². The van der Waals surface area contributed by atoms with Gasteiger partial charge in [-0.25, -0.2) is 0 Å². The van der Waals surface area contributed by atoms with Gasteiger partial charge in [-0.1, -0.05) is 19.0 Å². The normalized spacial score (nSPS) is 14.1. The molecule has 0 bridgehead atoms. The Morgan fingerprint density at radius 3 is 2.67 bits per heavy atom. The number of nitrogens with one attached hydrogen (secondary N) is 2. The molecule has 0 saturated heterocycles. The lowest BCUT2D eigenvalue weighted by atomic mass is 9.99. The van der Waals surface area contributed by atoms with Gasteiger partial charge in [-0.05, 0) is 25.0 Å². The number of guanidine groups is 1. The van der Waals surface area contributed by atoms with Crippen LogP contribution in [0.2, 0.25) is 0 Å². The molecule has 1 aromatic heterocycles. The lowest BCUT2D eigenvalue weighted by Crippen LogP contribution is -2.30. The van der Waals surface area contributed by atoms with Crippen molar-refractivity contribution in [3.8, 4) is 11.5 Å². The molecular weight excluding hydrogens is 344 g/mol. The number of hydrogen-bond acceptors (Lipinski definition) is 5. The molecule has 2 aromatic rings. The van der Waals surface area contributed by atoms with Crippen LogP contribution in [-0.4, -0.2) is 31.4 Å². The van der Waals surface area contributed by atoms with E-state index in [-0.39, 0.29) is 0 Å². The van der Waals surface area contributed by atoms with E-state index in [4.69, 9.17) is 14.0 Å². The maximum Gasteiger partial charge on any atom is 0.195 e. The second kappa shape index (κ2) is 9.30. The number of hydrogen-bond donors (Lipinski definition) is 2. The van der Waals surface area contributed by atoms with E-state index in [9.17, 15) is 0 Å². The van der Waals surface area contributed by atoms with Crippen LogP contribution >= 0.6 is 0 Å². The number of nitrogens with zero attached hydrogens (tertiary/aromatic N) is 2. The third-order valence-corrected chi connectivity index (χ3v) is 4.64. The number of rotatable bonds is 6. The van der Waals surface area contributed by atoms with Gasteiger partial charge in [0.1, 0.15) is 0 Å². The molecule has 27 heavy (non-hydrogen) atoms. The van der Waals surface area contributed by atoms with Gasteiger partial charge in [-0.15, -0.1) is 0 Å². The fraction of sp³-hybridized carbons (Fsp3) is 0.500. The van der Waals surface area contributed by atoms with Gasteiger partial charge >= 0.3 is 0 Å². The Bertz CT molecular complexity index is 768. The number of aromatic nitrogens is 1. The average molecular weight is 372 g/mol. The van der Waals surface area contributed by atoms with Crippen molar-refractivity contribution in [3.63, 3.8) is 0 Å². The summed E-state index contributed by atoms with van der Waals surface area (Å²) in [6, 6.07) is 7.80. The van der Waals surface area contributed by atoms with Crippen LogP contribution < -0.4 is 20.1 Å². The lowest BCUT2D eigenvalue weighted by Gasteiger charge is -2.13. The molecule has 2 heterocycles. The van der Waals surface area contributed by atoms with Crippen LogP contribution in [0.15, 0.2) is 33.8 Å². The number of aliphatic imine (C=N–C) groups is 1. The summed E-state index contributed by atoms with van der Waals surface area (Å²) in [4.78, 5) is 4.26. The van der Waals surface area contributed by atoms with Crippen molar-refractivity contribution in [2.75, 3.05) is 25.6 Å². The molecule has 0 fully saturated rings. The Morgan fingerprint density at radius 1 is 1.15 bits per heavy atom. The highest BCUT2D eigenvalue weighted by Crippen LogP contribution is 2.32. The Morgan fingerprint density at radius 2 is 1.93 bits per heavy atom. The Balaban J connectivity index is 1.59. The van der Waals surface area contributed by atoms with E-state index in [1.807, 2.05) is 24.3 Å². The molecular formula is C20H28N4O3. The largest absolute Gasteiger partial charge is 0.490 e. The van der Waals surface area contributed by atoms with Gasteiger partial charge in [-0.2, -0.15) is 0 Å². The van der Waals surface area contributed by atoms with E-state index in [0.29, 0.717) is 31.6 Å². The van der Waals surface area contributed by atoms with Crippen molar-refractivity contribution in [2.24, 2.45) is 4.99 Å². The highest BCUT2D eigenvalue weighted by molar-refractivity contribution is 5.93. The first-order valence-electron chi connectivity index (χ1n) is 9.56. The molecule has 0 atom stereocenters. The first kappa shape index (κ1) is 19.1. The van der Waals surface area contributed by atoms with Crippen molar-refractivity contribution in [1.82, 2.24) is 10.5 Å². The van der Waals surface area contributed by atoms with Crippen LogP contribution in [0.3, 0.4) is 0 Å². The summed E-state index contributed by atoms with van der Waals surface area (Å²) >= 11 is 0. The highest BCUT2D eigenvalue weighted by atomic mass is 16.5. The van der Waals surface area contributed by atoms with Crippen molar-refractivity contribution in [2.45, 2.75) is 45.6 Å². The number of fused-ring (bicyclic) bond motifs is 1. The zero-order valence-electron chi connectivity index (χ0n) is 16.2. The van der Waals surface area contributed by atoms with Gasteiger partial charge in [0.05, 0.1) is 25.5 Å². The van der Waals surface area contributed by atoms with Crippen LogP contribution in [0.1, 0.15) is 50.5 Å².